The van der Waals surface area contributed by atoms with Crippen molar-refractivity contribution >= 4 is 46.0 Å². The number of nitrogens with zero attached hydrogens (tertiary/aromatic N) is 2. The van der Waals surface area contributed by atoms with Crippen molar-refractivity contribution < 1.29 is 4.79 Å². The zero-order valence-electron chi connectivity index (χ0n) is 7.20. The molecule has 0 amide bonds. The predicted molar refractivity (Wildman–Crippen MR) is 64.3 cm³/mol. The summed E-state index contributed by atoms with van der Waals surface area (Å²) in [5.74, 6) is 0. The molecule has 0 saturated carbocycles. The Kier molecular flexibility index (Phi) is 9.92. The summed E-state index contributed by atoms with van der Waals surface area (Å²) in [6, 6.07) is 0. The highest BCUT2D eigenvalue weighted by Gasteiger charge is 1.99. The first kappa shape index (κ1) is 12.9. The fourth-order valence-electron chi connectivity index (χ4n) is 0.848. The Labute approximate surface area is 96.9 Å². The van der Waals surface area contributed by atoms with Crippen LogP contribution in [0.3, 0.4) is 0 Å². The van der Waals surface area contributed by atoms with E-state index in [1.807, 2.05) is 0 Å². The van der Waals surface area contributed by atoms with Gasteiger partial charge in [-0.1, -0.05) is 35.4 Å². The summed E-state index contributed by atoms with van der Waals surface area (Å²) in [4.78, 5) is 17.2. The number of thiocarbonyl (C=S) groups is 1. The van der Waals surface area contributed by atoms with Crippen LogP contribution in [0.25, 0.3) is 0 Å². The van der Waals surface area contributed by atoms with Gasteiger partial charge >= 0.3 is 0 Å². The highest BCUT2D eigenvalue weighted by molar-refractivity contribution is 14.1. The van der Waals surface area contributed by atoms with E-state index in [4.69, 9.17) is 0 Å². The second-order valence-electron chi connectivity index (χ2n) is 2.48. The van der Waals surface area contributed by atoms with E-state index in [9.17, 15) is 4.79 Å². The maximum absolute atomic E-state index is 9.86. The molecule has 1 atom stereocenters. The number of isothiocyanates is 1. The van der Waals surface area contributed by atoms with Gasteiger partial charge in [-0.05, 0) is 25.1 Å². The van der Waals surface area contributed by atoms with Crippen LogP contribution < -0.4 is 0 Å². The van der Waals surface area contributed by atoms with Gasteiger partial charge in [-0.2, -0.15) is 4.99 Å². The number of hydrogen-bond acceptors (Lipinski definition) is 4. The lowest BCUT2D eigenvalue weighted by molar-refractivity contribution is 0.560. The zero-order valence-corrected chi connectivity index (χ0v) is 10.2. The summed E-state index contributed by atoms with van der Waals surface area (Å²) in [6.07, 6.45) is 5.66. The van der Waals surface area contributed by atoms with Gasteiger partial charge in [0, 0.05) is 6.54 Å². The van der Waals surface area contributed by atoms with Crippen LogP contribution in [0.5, 0.6) is 0 Å². The normalized spacial score (nSPS) is 11.2. The molecule has 0 spiro atoms. The molecule has 0 aliphatic carbocycles. The summed E-state index contributed by atoms with van der Waals surface area (Å²) in [5.41, 5.74) is 0. The van der Waals surface area contributed by atoms with Crippen LogP contribution >= 0.6 is 34.8 Å². The number of rotatable bonds is 7. The molecule has 0 aromatic heterocycles. The Morgan fingerprint density at radius 2 is 2.15 bits per heavy atom. The van der Waals surface area contributed by atoms with E-state index >= 15 is 0 Å². The van der Waals surface area contributed by atoms with E-state index in [-0.39, 0.29) is 4.05 Å². The fraction of sp³-hybridized carbons (Fsp3) is 0.750. The van der Waals surface area contributed by atoms with Gasteiger partial charge in [-0.3, -0.25) is 0 Å². The van der Waals surface area contributed by atoms with E-state index in [1.165, 1.54) is 0 Å². The van der Waals surface area contributed by atoms with Gasteiger partial charge < -0.3 is 0 Å². The molecule has 0 aromatic rings. The first-order valence-corrected chi connectivity index (χ1v) is 5.71. The molecule has 5 heteroatoms. The minimum Gasteiger partial charge on any atom is -0.233 e. The molecule has 1 unspecified atom stereocenters. The molecule has 0 fully saturated rings. The largest absolute Gasteiger partial charge is 0.236 e. The van der Waals surface area contributed by atoms with Crippen LogP contribution in [0.1, 0.15) is 25.7 Å². The molecule has 0 rings (SSSR count). The molecule has 13 heavy (non-hydrogen) atoms. The van der Waals surface area contributed by atoms with Crippen molar-refractivity contribution in [2.75, 3.05) is 6.54 Å². The molecule has 3 nitrogen and oxygen atoms in total. The SMILES string of the molecule is O=C=NC(I)CCCCCN=C=S. The fourth-order valence-corrected chi connectivity index (χ4v) is 1.49. The quantitative estimate of drug-likeness (QED) is 0.138. The van der Waals surface area contributed by atoms with Crippen molar-refractivity contribution in [1.29, 1.82) is 0 Å². The van der Waals surface area contributed by atoms with Crippen molar-refractivity contribution in [2.45, 2.75) is 29.7 Å². The Hall–Kier alpha value is -0.0900. The molecule has 0 saturated heterocycles. The lowest BCUT2D eigenvalue weighted by atomic mass is 10.2. The molecule has 72 valence electrons. The lowest BCUT2D eigenvalue weighted by Gasteiger charge is -2.00. The average molecular weight is 310 g/mol. The number of unbranched alkanes of at least 4 members (excludes halogenated alkanes) is 2. The smallest absolute Gasteiger partial charge is 0.233 e. The predicted octanol–water partition coefficient (Wildman–Crippen LogP) is 2.75. The molecule has 0 aliphatic heterocycles. The second kappa shape index (κ2) is 9.99. The van der Waals surface area contributed by atoms with Gasteiger partial charge in [0.15, 0.2) is 0 Å². The highest BCUT2D eigenvalue weighted by Crippen LogP contribution is 2.11. The summed E-state index contributed by atoms with van der Waals surface area (Å²) >= 11 is 6.56. The number of carbonyl (C=O) groups excluding carboxylic acids is 1. The van der Waals surface area contributed by atoms with Crippen LogP contribution in [0.2, 0.25) is 0 Å². The lowest BCUT2D eigenvalue weighted by Crippen LogP contribution is -1.92. The standard InChI is InChI=1S/C8H11IN2OS/c9-8(11-6-12)4-2-1-3-5-10-7-13/h8H,1-5H2. The molecule has 0 radical (unpaired) electrons. The molecular weight excluding hydrogens is 299 g/mol. The van der Waals surface area contributed by atoms with Gasteiger partial charge in [0.05, 0.1) is 5.16 Å². The van der Waals surface area contributed by atoms with Crippen LogP contribution in [0.15, 0.2) is 9.98 Å². The van der Waals surface area contributed by atoms with Crippen LogP contribution in [-0.2, 0) is 4.79 Å². The maximum atomic E-state index is 9.86. The third kappa shape index (κ3) is 9.83. The van der Waals surface area contributed by atoms with Gasteiger partial charge in [0.1, 0.15) is 4.05 Å². The average Bonchev–Trinajstić information content (AvgIpc) is 2.11. The first-order valence-electron chi connectivity index (χ1n) is 4.06. The Bertz CT molecular complexity index is 222. The molecule has 0 aliphatic rings. The number of alkyl halides is 1. The number of isocyanates is 1. The minimum atomic E-state index is 0.0733. The van der Waals surface area contributed by atoms with E-state index in [1.54, 1.807) is 6.08 Å². The summed E-state index contributed by atoms with van der Waals surface area (Å²) in [7, 11) is 0. The third-order valence-electron chi connectivity index (χ3n) is 1.47. The van der Waals surface area contributed by atoms with Crippen LogP contribution in [0, 0.1) is 0 Å². The van der Waals surface area contributed by atoms with Gasteiger partial charge in [-0.25, -0.2) is 9.79 Å². The molecule has 0 aromatic carbocycles. The monoisotopic (exact) mass is 310 g/mol. The maximum Gasteiger partial charge on any atom is 0.236 e. The van der Waals surface area contributed by atoms with Gasteiger partial charge in [0.25, 0.3) is 0 Å². The third-order valence-corrected chi connectivity index (χ3v) is 2.50. The van der Waals surface area contributed by atoms with E-state index in [0.29, 0.717) is 0 Å². The van der Waals surface area contributed by atoms with Crippen LogP contribution in [-0.4, -0.2) is 21.8 Å². The molecule has 0 bridgehead atoms. The summed E-state index contributed by atoms with van der Waals surface area (Å²) < 4.78 is 0.0733. The Balaban J connectivity index is 3.24. The molecule has 0 heterocycles. The van der Waals surface area contributed by atoms with Crippen molar-refractivity contribution in [1.82, 2.24) is 0 Å². The summed E-state index contributed by atoms with van der Waals surface area (Å²) in [6.45, 7) is 0.756. The van der Waals surface area contributed by atoms with Crippen molar-refractivity contribution in [2.24, 2.45) is 9.98 Å². The number of aliphatic imine (C=N–C) groups is 2. The second-order valence-corrected chi connectivity index (χ2v) is 4.10. The first-order chi connectivity index (χ1) is 6.31. The topological polar surface area (TPSA) is 41.8 Å². The zero-order chi connectivity index (χ0) is 9.94. The van der Waals surface area contributed by atoms with E-state index in [2.05, 4.69) is 50.0 Å². The molecule has 0 N–H and O–H groups in total. The number of halogens is 1. The highest BCUT2D eigenvalue weighted by atomic mass is 127. The van der Waals surface area contributed by atoms with E-state index < -0.39 is 0 Å². The van der Waals surface area contributed by atoms with Crippen molar-refractivity contribution in [3.8, 4) is 0 Å². The minimum absolute atomic E-state index is 0.0733. The Morgan fingerprint density at radius 1 is 1.38 bits per heavy atom. The van der Waals surface area contributed by atoms with Crippen LogP contribution in [0.4, 0.5) is 0 Å². The van der Waals surface area contributed by atoms with E-state index in [0.717, 1.165) is 32.2 Å². The number of hydrogen-bond donors (Lipinski definition) is 0. The van der Waals surface area contributed by atoms with Crippen molar-refractivity contribution in [3.05, 3.63) is 0 Å². The van der Waals surface area contributed by atoms with Gasteiger partial charge in [-0.15, -0.1) is 0 Å². The van der Waals surface area contributed by atoms with Gasteiger partial charge in [0.2, 0.25) is 6.08 Å². The molecular formula is C8H11IN2OS. The summed E-state index contributed by atoms with van der Waals surface area (Å²) in [5, 5.41) is 2.32. The Morgan fingerprint density at radius 3 is 2.77 bits per heavy atom. The van der Waals surface area contributed by atoms with Crippen molar-refractivity contribution in [3.63, 3.8) is 0 Å².